The van der Waals surface area contributed by atoms with Crippen molar-refractivity contribution in [3.8, 4) is 0 Å². The van der Waals surface area contributed by atoms with Gasteiger partial charge in [0.1, 0.15) is 11.6 Å². The minimum atomic E-state index is -1.12. The maximum atomic E-state index is 14.7. The van der Waals surface area contributed by atoms with Crippen LogP contribution in [0.1, 0.15) is 79.6 Å². The minimum absolute atomic E-state index is 0.0385. The molecular weight excluding hydrogens is 576 g/mol. The highest BCUT2D eigenvalue weighted by Gasteiger charge is 2.77. The van der Waals surface area contributed by atoms with E-state index in [0.717, 1.165) is 19.3 Å². The van der Waals surface area contributed by atoms with E-state index in [1.165, 1.54) is 0 Å². The number of alkyl halides is 1. The normalized spacial score (nSPS) is 29.4. The zero-order chi connectivity index (χ0) is 29.9. The minimum Gasteiger partial charge on any atom is -0.465 e. The summed E-state index contributed by atoms with van der Waals surface area (Å²) in [6.07, 6.45) is 7.55. The number of hydrogen-bond acceptors (Lipinski definition) is 6. The SMILES string of the molecule is C=CCCCOC(=O)[C@H]1[C@H]2C(=O)N(CCCCCO)C(C(=O)N(CC=C)C(C)(C)CC(C)(C)C)C23CC(Br)[C@@H]1O3. The Kier molecular flexibility index (Phi) is 10.7. The van der Waals surface area contributed by atoms with Gasteiger partial charge in [0.2, 0.25) is 11.8 Å². The average molecular weight is 626 g/mol. The third kappa shape index (κ3) is 6.51. The first-order chi connectivity index (χ1) is 18.8. The van der Waals surface area contributed by atoms with Gasteiger partial charge in [-0.25, -0.2) is 0 Å². The summed E-state index contributed by atoms with van der Waals surface area (Å²) in [5, 5.41) is 9.28. The first-order valence-corrected chi connectivity index (χ1v) is 15.6. The molecule has 0 aromatic carbocycles. The van der Waals surface area contributed by atoms with Crippen LogP contribution in [0.25, 0.3) is 0 Å². The number of nitrogens with zero attached hydrogens (tertiary/aromatic N) is 2. The van der Waals surface area contributed by atoms with E-state index >= 15 is 0 Å². The molecule has 3 aliphatic heterocycles. The molecule has 3 aliphatic rings. The number of likely N-dealkylation sites (tertiary alicyclic amines) is 1. The summed E-state index contributed by atoms with van der Waals surface area (Å²) >= 11 is 3.72. The summed E-state index contributed by atoms with van der Waals surface area (Å²) in [6.45, 7) is 19.2. The van der Waals surface area contributed by atoms with Crippen LogP contribution >= 0.6 is 15.9 Å². The predicted molar refractivity (Wildman–Crippen MR) is 159 cm³/mol. The molecule has 0 aromatic heterocycles. The van der Waals surface area contributed by atoms with Crippen LogP contribution in [0.2, 0.25) is 0 Å². The number of ether oxygens (including phenoxy) is 2. The number of hydrogen-bond donors (Lipinski definition) is 1. The van der Waals surface area contributed by atoms with Crippen molar-refractivity contribution in [1.29, 1.82) is 0 Å². The Bertz CT molecular complexity index is 962. The number of carbonyl (C=O) groups is 3. The Morgan fingerprint density at radius 2 is 1.88 bits per heavy atom. The second-order valence-electron chi connectivity index (χ2n) is 13.4. The highest BCUT2D eigenvalue weighted by molar-refractivity contribution is 9.09. The molecule has 40 heavy (non-hydrogen) atoms. The predicted octanol–water partition coefficient (Wildman–Crippen LogP) is 4.64. The van der Waals surface area contributed by atoms with Crippen LogP contribution in [0.15, 0.2) is 25.3 Å². The molecule has 3 rings (SSSR count). The second kappa shape index (κ2) is 13.1. The number of allylic oxidation sites excluding steroid dienone is 1. The molecule has 0 aliphatic carbocycles. The van der Waals surface area contributed by atoms with E-state index in [-0.39, 0.29) is 35.3 Å². The maximum Gasteiger partial charge on any atom is 0.312 e. The first kappa shape index (κ1) is 32.8. The van der Waals surface area contributed by atoms with Crippen molar-refractivity contribution in [2.75, 3.05) is 26.3 Å². The van der Waals surface area contributed by atoms with E-state index < -0.39 is 41.1 Å². The molecular formula is C31H49BrN2O6. The molecule has 1 spiro atoms. The molecule has 3 saturated heterocycles. The first-order valence-electron chi connectivity index (χ1n) is 14.7. The van der Waals surface area contributed by atoms with Gasteiger partial charge in [0.05, 0.1) is 24.5 Å². The van der Waals surface area contributed by atoms with Crippen molar-refractivity contribution in [2.24, 2.45) is 17.3 Å². The number of rotatable bonds is 15. The zero-order valence-corrected chi connectivity index (χ0v) is 26.6. The number of esters is 1. The summed E-state index contributed by atoms with van der Waals surface area (Å²) in [5.74, 6) is -2.39. The average Bonchev–Trinajstić information content (AvgIpc) is 3.44. The van der Waals surface area contributed by atoms with Crippen molar-refractivity contribution < 1.29 is 29.0 Å². The van der Waals surface area contributed by atoms with Crippen molar-refractivity contribution in [1.82, 2.24) is 9.80 Å². The van der Waals surface area contributed by atoms with Gasteiger partial charge >= 0.3 is 5.97 Å². The Labute approximate surface area is 248 Å². The number of amides is 2. The van der Waals surface area contributed by atoms with Crippen LogP contribution in [0.3, 0.4) is 0 Å². The van der Waals surface area contributed by atoms with Gasteiger partial charge in [-0.3, -0.25) is 14.4 Å². The number of aliphatic hydroxyl groups excluding tert-OH is 1. The highest BCUT2D eigenvalue weighted by atomic mass is 79.9. The molecule has 226 valence electrons. The lowest BCUT2D eigenvalue weighted by Gasteiger charge is -2.45. The molecule has 6 atom stereocenters. The summed E-state index contributed by atoms with van der Waals surface area (Å²) in [5.41, 5.74) is -1.67. The largest absolute Gasteiger partial charge is 0.465 e. The number of halogens is 1. The molecule has 2 bridgehead atoms. The van der Waals surface area contributed by atoms with Gasteiger partial charge in [0, 0.05) is 30.1 Å². The Balaban J connectivity index is 2.01. The lowest BCUT2D eigenvalue weighted by Crippen LogP contribution is -2.61. The molecule has 3 heterocycles. The third-order valence-electron chi connectivity index (χ3n) is 8.42. The fourth-order valence-electron chi connectivity index (χ4n) is 7.29. The molecule has 3 fully saturated rings. The van der Waals surface area contributed by atoms with Crippen molar-refractivity contribution in [3.63, 3.8) is 0 Å². The fourth-order valence-corrected chi connectivity index (χ4v) is 8.23. The summed E-state index contributed by atoms with van der Waals surface area (Å²) in [7, 11) is 0. The van der Waals surface area contributed by atoms with Crippen molar-refractivity contribution in [3.05, 3.63) is 25.3 Å². The van der Waals surface area contributed by atoms with Gasteiger partial charge in [-0.1, -0.05) is 48.9 Å². The Hall–Kier alpha value is -1.71. The van der Waals surface area contributed by atoms with Gasteiger partial charge in [-0.15, -0.1) is 13.2 Å². The van der Waals surface area contributed by atoms with E-state index in [0.29, 0.717) is 38.8 Å². The van der Waals surface area contributed by atoms with Gasteiger partial charge in [-0.05, 0) is 64.2 Å². The summed E-state index contributed by atoms with van der Waals surface area (Å²) in [4.78, 5) is 45.6. The molecule has 0 radical (unpaired) electrons. The van der Waals surface area contributed by atoms with Crippen LogP contribution < -0.4 is 0 Å². The smallest absolute Gasteiger partial charge is 0.312 e. The van der Waals surface area contributed by atoms with E-state index in [9.17, 15) is 19.5 Å². The lowest BCUT2D eigenvalue weighted by molar-refractivity contribution is -0.156. The van der Waals surface area contributed by atoms with Crippen molar-refractivity contribution >= 4 is 33.7 Å². The van der Waals surface area contributed by atoms with Crippen molar-refractivity contribution in [2.45, 2.75) is 108 Å². The molecule has 0 saturated carbocycles. The van der Waals surface area contributed by atoms with Gasteiger partial charge in [0.25, 0.3) is 0 Å². The van der Waals surface area contributed by atoms with Crippen LogP contribution in [0, 0.1) is 17.3 Å². The molecule has 8 nitrogen and oxygen atoms in total. The lowest BCUT2D eigenvalue weighted by atomic mass is 9.70. The van der Waals surface area contributed by atoms with E-state index in [1.807, 2.05) is 4.90 Å². The van der Waals surface area contributed by atoms with Crippen LogP contribution in [0.4, 0.5) is 0 Å². The summed E-state index contributed by atoms with van der Waals surface area (Å²) in [6, 6.07) is -0.859. The van der Waals surface area contributed by atoms with E-state index in [2.05, 4.69) is 63.7 Å². The number of aliphatic hydroxyl groups is 1. The fraction of sp³-hybridized carbons (Fsp3) is 0.774. The van der Waals surface area contributed by atoms with Gasteiger partial charge in [-0.2, -0.15) is 0 Å². The van der Waals surface area contributed by atoms with E-state index in [4.69, 9.17) is 9.47 Å². The monoisotopic (exact) mass is 624 g/mol. The molecule has 2 amide bonds. The molecule has 9 heteroatoms. The van der Waals surface area contributed by atoms with Gasteiger partial charge < -0.3 is 24.4 Å². The number of fused-ring (bicyclic) bond motifs is 1. The molecule has 0 aromatic rings. The van der Waals surface area contributed by atoms with Crippen LogP contribution in [0.5, 0.6) is 0 Å². The van der Waals surface area contributed by atoms with E-state index in [1.54, 1.807) is 17.1 Å². The highest BCUT2D eigenvalue weighted by Crippen LogP contribution is 2.60. The topological polar surface area (TPSA) is 96.4 Å². The summed E-state index contributed by atoms with van der Waals surface area (Å²) < 4.78 is 12.2. The molecule has 1 N–H and O–H groups in total. The number of unbranched alkanes of at least 4 members (excludes halogenated alkanes) is 3. The third-order valence-corrected chi connectivity index (χ3v) is 9.27. The van der Waals surface area contributed by atoms with Crippen LogP contribution in [-0.4, -0.2) is 87.1 Å². The Morgan fingerprint density at radius 3 is 2.48 bits per heavy atom. The Morgan fingerprint density at radius 1 is 1.18 bits per heavy atom. The standard InChI is InChI=1S/C31H49BrN2O6/c1-8-10-14-18-39-28(38)22-23-26(36)33(16-12-11-13-17-35)25(31(23)19-21(32)24(22)40-31)27(37)34(15-9-2)30(6,7)20-29(3,4)5/h8-9,21-25,35H,1-2,10-20H2,3-7H3/t21?,22-,23-,24-,25?,31?/m0/s1. The zero-order valence-electron chi connectivity index (χ0n) is 25.0. The molecule has 3 unspecified atom stereocenters. The van der Waals surface area contributed by atoms with Gasteiger partial charge in [0.15, 0.2) is 0 Å². The number of carbonyl (C=O) groups excluding carboxylic acids is 3. The maximum absolute atomic E-state index is 14.7. The second-order valence-corrected chi connectivity index (χ2v) is 14.5. The quantitative estimate of drug-likeness (QED) is 0.123. The van der Waals surface area contributed by atoms with Crippen LogP contribution in [-0.2, 0) is 23.9 Å².